The number of halogens is 2. The van der Waals surface area contributed by atoms with Gasteiger partial charge in [0.25, 0.3) is 0 Å². The van der Waals surface area contributed by atoms with Gasteiger partial charge in [0.2, 0.25) is 0 Å². The zero-order chi connectivity index (χ0) is 23.4. The maximum atomic E-state index is 13.6. The van der Waals surface area contributed by atoms with E-state index in [0.29, 0.717) is 5.02 Å². The van der Waals surface area contributed by atoms with Crippen molar-refractivity contribution in [3.8, 4) is 11.1 Å². The minimum Gasteiger partial charge on any atom is -0.481 e. The molecule has 0 aliphatic heterocycles. The van der Waals surface area contributed by atoms with E-state index in [2.05, 4.69) is 0 Å². The quantitative estimate of drug-likeness (QED) is 0.420. The molecule has 32 heavy (non-hydrogen) atoms. The number of carboxylic acid groups (broad SMARTS) is 1. The summed E-state index contributed by atoms with van der Waals surface area (Å²) in [5.41, 5.74) is 3.84. The number of aliphatic carboxylic acids is 1. The molecule has 0 spiro atoms. The normalized spacial score (nSPS) is 13.7. The van der Waals surface area contributed by atoms with Crippen molar-refractivity contribution < 1.29 is 24.5 Å². The fraction of sp³-hybridized carbons (Fsp3) is 0.280. The third-order valence-corrected chi connectivity index (χ3v) is 5.34. The predicted octanol–water partition coefficient (Wildman–Crippen LogP) is 5.42. The first-order valence-electron chi connectivity index (χ1n) is 10.3. The first-order valence-corrected chi connectivity index (χ1v) is 10.7. The third-order valence-electron chi connectivity index (χ3n) is 5.10. The van der Waals surface area contributed by atoms with Crippen LogP contribution in [0.2, 0.25) is 5.02 Å². The average Bonchev–Trinajstić information content (AvgIpc) is 2.71. The number of rotatable bonds is 8. The zero-order valence-electron chi connectivity index (χ0n) is 17.8. The van der Waals surface area contributed by atoms with Crippen molar-refractivity contribution >= 4 is 34.5 Å². The molecule has 3 rings (SSSR count). The standard InChI is InChI=1S/C25H25ClFNO4/c1-14(2)25-20(9-8-18(29)12-19(30)13-23(31)32)24(15-3-6-17(27)7-4-15)21-11-16(26)5-10-22(21)28-25/h3-11,14,18-19,29-30H,12-13H2,1-2H3,(H,31,32)/b9-8+/t18-,19-/m1/s1. The highest BCUT2D eigenvalue weighted by Crippen LogP contribution is 2.37. The molecular formula is C25H25ClFNO4. The van der Waals surface area contributed by atoms with Crippen molar-refractivity contribution in [3.05, 3.63) is 70.6 Å². The Kier molecular flexibility index (Phi) is 7.61. The number of fused-ring (bicyclic) bond motifs is 1. The van der Waals surface area contributed by atoms with Crippen LogP contribution in [0.5, 0.6) is 0 Å². The number of hydrogen-bond acceptors (Lipinski definition) is 4. The van der Waals surface area contributed by atoms with Gasteiger partial charge < -0.3 is 15.3 Å². The van der Waals surface area contributed by atoms with E-state index in [-0.39, 0.29) is 18.2 Å². The second kappa shape index (κ2) is 10.2. The van der Waals surface area contributed by atoms with Crippen LogP contribution >= 0.6 is 11.6 Å². The molecule has 0 saturated carbocycles. The molecule has 168 valence electrons. The van der Waals surface area contributed by atoms with Gasteiger partial charge in [0.1, 0.15) is 5.82 Å². The Bertz CT molecular complexity index is 1140. The van der Waals surface area contributed by atoms with E-state index >= 15 is 0 Å². The van der Waals surface area contributed by atoms with E-state index in [4.69, 9.17) is 21.7 Å². The Morgan fingerprint density at radius 1 is 1.16 bits per heavy atom. The Morgan fingerprint density at radius 2 is 1.84 bits per heavy atom. The highest BCUT2D eigenvalue weighted by Gasteiger charge is 2.19. The molecule has 0 saturated heterocycles. The van der Waals surface area contributed by atoms with Crippen molar-refractivity contribution in [1.82, 2.24) is 4.98 Å². The largest absolute Gasteiger partial charge is 0.481 e. The molecule has 3 aromatic rings. The second-order valence-electron chi connectivity index (χ2n) is 8.02. The van der Waals surface area contributed by atoms with E-state index in [1.54, 1.807) is 30.3 Å². The summed E-state index contributed by atoms with van der Waals surface area (Å²) in [4.78, 5) is 15.6. The fourth-order valence-electron chi connectivity index (χ4n) is 3.66. The van der Waals surface area contributed by atoms with Crippen molar-refractivity contribution in [2.24, 2.45) is 0 Å². The highest BCUT2D eigenvalue weighted by atomic mass is 35.5. The number of nitrogens with zero attached hydrogens (tertiary/aromatic N) is 1. The number of carboxylic acids is 1. The predicted molar refractivity (Wildman–Crippen MR) is 124 cm³/mol. The van der Waals surface area contributed by atoms with E-state index in [9.17, 15) is 19.4 Å². The van der Waals surface area contributed by atoms with Gasteiger partial charge in [-0.3, -0.25) is 9.78 Å². The van der Waals surface area contributed by atoms with Crippen molar-refractivity contribution in [2.75, 3.05) is 0 Å². The Morgan fingerprint density at radius 3 is 2.47 bits per heavy atom. The number of aliphatic hydroxyl groups is 2. The van der Waals surface area contributed by atoms with Gasteiger partial charge in [-0.15, -0.1) is 0 Å². The molecule has 0 amide bonds. The molecule has 1 aromatic heterocycles. The van der Waals surface area contributed by atoms with Gasteiger partial charge in [0, 0.05) is 28.0 Å². The van der Waals surface area contributed by atoms with Crippen LogP contribution in [-0.2, 0) is 4.79 Å². The first-order chi connectivity index (χ1) is 15.2. The third kappa shape index (κ3) is 5.71. The van der Waals surface area contributed by atoms with Crippen LogP contribution in [0, 0.1) is 5.82 Å². The SMILES string of the molecule is CC(C)c1nc2ccc(Cl)cc2c(-c2ccc(F)cc2)c1/C=C/[C@@H](O)C[C@@H](O)CC(=O)O. The summed E-state index contributed by atoms with van der Waals surface area (Å²) in [6.07, 6.45) is 0.455. The number of aromatic nitrogens is 1. The molecule has 0 radical (unpaired) electrons. The molecule has 0 aliphatic rings. The molecule has 7 heteroatoms. The van der Waals surface area contributed by atoms with Gasteiger partial charge in [0.05, 0.1) is 29.8 Å². The van der Waals surface area contributed by atoms with Gasteiger partial charge in [-0.25, -0.2) is 4.39 Å². The maximum absolute atomic E-state index is 13.6. The van der Waals surface area contributed by atoms with Crippen LogP contribution in [-0.4, -0.2) is 38.5 Å². The number of aliphatic hydroxyl groups excluding tert-OH is 2. The molecule has 0 bridgehead atoms. The average molecular weight is 458 g/mol. The molecule has 2 aromatic carbocycles. The van der Waals surface area contributed by atoms with Crippen molar-refractivity contribution in [3.63, 3.8) is 0 Å². The topological polar surface area (TPSA) is 90.7 Å². The second-order valence-corrected chi connectivity index (χ2v) is 8.46. The summed E-state index contributed by atoms with van der Waals surface area (Å²) in [5.74, 6) is -1.44. The van der Waals surface area contributed by atoms with E-state index in [1.807, 2.05) is 19.9 Å². The molecule has 1 heterocycles. The maximum Gasteiger partial charge on any atom is 0.305 e. The van der Waals surface area contributed by atoms with Crippen LogP contribution in [0.15, 0.2) is 48.5 Å². The number of hydrogen-bond donors (Lipinski definition) is 3. The number of benzene rings is 2. The summed E-state index contributed by atoms with van der Waals surface area (Å²) in [6, 6.07) is 11.5. The molecule has 0 aliphatic carbocycles. The molecule has 0 unspecified atom stereocenters. The van der Waals surface area contributed by atoms with Crippen molar-refractivity contribution in [2.45, 2.75) is 44.8 Å². The molecule has 3 N–H and O–H groups in total. The van der Waals surface area contributed by atoms with Gasteiger partial charge in [0.15, 0.2) is 0 Å². The summed E-state index contributed by atoms with van der Waals surface area (Å²) in [7, 11) is 0. The lowest BCUT2D eigenvalue weighted by atomic mass is 9.90. The monoisotopic (exact) mass is 457 g/mol. The van der Waals surface area contributed by atoms with Crippen LogP contribution in [0.1, 0.15) is 43.9 Å². The van der Waals surface area contributed by atoms with Gasteiger partial charge in [-0.2, -0.15) is 0 Å². The Hall–Kier alpha value is -2.80. The van der Waals surface area contributed by atoms with Crippen LogP contribution in [0.4, 0.5) is 4.39 Å². The summed E-state index contributed by atoms with van der Waals surface area (Å²) in [6.45, 7) is 4.01. The van der Waals surface area contributed by atoms with Crippen LogP contribution in [0.25, 0.3) is 28.1 Å². The minimum absolute atomic E-state index is 0.0451. The molecule has 0 fully saturated rings. The molecule has 5 nitrogen and oxygen atoms in total. The lowest BCUT2D eigenvalue weighted by Gasteiger charge is -2.18. The van der Waals surface area contributed by atoms with Gasteiger partial charge in [-0.05, 0) is 41.8 Å². The molecule has 2 atom stereocenters. The lowest BCUT2D eigenvalue weighted by Crippen LogP contribution is -2.19. The number of carbonyl (C=O) groups is 1. The van der Waals surface area contributed by atoms with Crippen LogP contribution < -0.4 is 0 Å². The smallest absolute Gasteiger partial charge is 0.305 e. The summed E-state index contributed by atoms with van der Waals surface area (Å²) in [5, 5.41) is 30.3. The van der Waals surface area contributed by atoms with E-state index < -0.39 is 24.6 Å². The van der Waals surface area contributed by atoms with Gasteiger partial charge >= 0.3 is 5.97 Å². The number of pyridine rings is 1. The Balaban J connectivity index is 2.16. The van der Waals surface area contributed by atoms with Crippen LogP contribution in [0.3, 0.4) is 0 Å². The van der Waals surface area contributed by atoms with Crippen molar-refractivity contribution in [1.29, 1.82) is 0 Å². The summed E-state index contributed by atoms with van der Waals surface area (Å²) < 4.78 is 13.6. The van der Waals surface area contributed by atoms with Gasteiger partial charge in [-0.1, -0.05) is 49.7 Å². The fourth-order valence-corrected chi connectivity index (χ4v) is 3.83. The molecular weight excluding hydrogens is 433 g/mol. The lowest BCUT2D eigenvalue weighted by molar-refractivity contribution is -0.139. The first kappa shape index (κ1) is 23.9. The Labute approximate surface area is 190 Å². The highest BCUT2D eigenvalue weighted by molar-refractivity contribution is 6.31. The minimum atomic E-state index is -1.16. The zero-order valence-corrected chi connectivity index (χ0v) is 18.6. The van der Waals surface area contributed by atoms with E-state index in [0.717, 1.165) is 33.3 Å². The summed E-state index contributed by atoms with van der Waals surface area (Å²) >= 11 is 6.26. The van der Waals surface area contributed by atoms with E-state index in [1.165, 1.54) is 18.2 Å².